The summed E-state index contributed by atoms with van der Waals surface area (Å²) in [4.78, 5) is 11.8. The third kappa shape index (κ3) is 3.48. The Balaban J connectivity index is 2.76. The highest BCUT2D eigenvalue weighted by molar-refractivity contribution is 5.85. The monoisotopic (exact) mass is 205 g/mol. The van der Waals surface area contributed by atoms with Gasteiger partial charge in [0.2, 0.25) is 0 Å². The molecule has 0 fully saturated rings. The highest BCUT2D eigenvalue weighted by atomic mass is 16.1. The van der Waals surface area contributed by atoms with E-state index in [9.17, 15) is 4.79 Å². The number of Topliss-reactive ketones (excluding diaryl/α,β-unsaturated/α-hetero) is 1. The molecule has 0 spiro atoms. The van der Waals surface area contributed by atoms with Crippen LogP contribution < -0.4 is 5.32 Å². The maximum atomic E-state index is 11.8. The molecule has 0 saturated carbocycles. The highest BCUT2D eigenvalue weighted by Crippen LogP contribution is 2.14. The molecule has 0 bridgehead atoms. The summed E-state index contributed by atoms with van der Waals surface area (Å²) in [6, 6.07) is 9.78. The lowest BCUT2D eigenvalue weighted by atomic mass is 10.0. The van der Waals surface area contributed by atoms with E-state index in [0.29, 0.717) is 6.42 Å². The van der Waals surface area contributed by atoms with Crippen LogP contribution in [0.4, 0.5) is 0 Å². The largest absolute Gasteiger partial charge is 0.304 e. The summed E-state index contributed by atoms with van der Waals surface area (Å²) in [5, 5.41) is 3.29. The minimum absolute atomic E-state index is 0.129. The number of carbonyl (C=O) groups is 1. The molecular weight excluding hydrogens is 186 g/mol. The minimum atomic E-state index is -0.129. The van der Waals surface area contributed by atoms with Gasteiger partial charge in [-0.05, 0) is 18.5 Å². The zero-order valence-electron chi connectivity index (χ0n) is 9.49. The molecule has 0 aromatic heterocycles. The number of hydrogen-bond acceptors (Lipinski definition) is 2. The van der Waals surface area contributed by atoms with Crippen LogP contribution in [0.2, 0.25) is 0 Å². The van der Waals surface area contributed by atoms with Gasteiger partial charge in [-0.1, -0.05) is 44.2 Å². The molecule has 0 amide bonds. The van der Waals surface area contributed by atoms with Gasteiger partial charge in [-0.25, -0.2) is 0 Å². The normalized spacial score (nSPS) is 12.4. The van der Waals surface area contributed by atoms with E-state index in [0.717, 1.165) is 18.5 Å². The number of ketones is 1. The van der Waals surface area contributed by atoms with Crippen molar-refractivity contribution in [3.05, 3.63) is 35.9 Å². The summed E-state index contributed by atoms with van der Waals surface area (Å²) in [6.45, 7) is 4.89. The molecule has 1 atom stereocenters. The van der Waals surface area contributed by atoms with Gasteiger partial charge in [0.25, 0.3) is 0 Å². The summed E-state index contributed by atoms with van der Waals surface area (Å²) in [7, 11) is 0. The summed E-state index contributed by atoms with van der Waals surface area (Å²) < 4.78 is 0. The molecule has 1 unspecified atom stereocenters. The molecule has 0 aliphatic rings. The van der Waals surface area contributed by atoms with Gasteiger partial charge in [0.1, 0.15) is 0 Å². The third-order valence-electron chi connectivity index (χ3n) is 2.40. The molecule has 0 aliphatic carbocycles. The molecule has 1 aromatic carbocycles. The van der Waals surface area contributed by atoms with Crippen molar-refractivity contribution in [3.63, 3.8) is 0 Å². The van der Waals surface area contributed by atoms with Crippen LogP contribution in [0, 0.1) is 0 Å². The van der Waals surface area contributed by atoms with E-state index in [-0.39, 0.29) is 11.8 Å². The zero-order valence-corrected chi connectivity index (χ0v) is 9.49. The maximum absolute atomic E-state index is 11.8. The summed E-state index contributed by atoms with van der Waals surface area (Å²) >= 11 is 0. The van der Waals surface area contributed by atoms with E-state index in [4.69, 9.17) is 0 Å². The van der Waals surface area contributed by atoms with Crippen LogP contribution in [0.3, 0.4) is 0 Å². The van der Waals surface area contributed by atoms with Crippen LogP contribution in [-0.2, 0) is 4.79 Å². The Morgan fingerprint density at radius 2 is 1.93 bits per heavy atom. The third-order valence-corrected chi connectivity index (χ3v) is 2.40. The molecule has 82 valence electrons. The van der Waals surface area contributed by atoms with Gasteiger partial charge in [0, 0.05) is 6.42 Å². The Labute approximate surface area is 91.7 Å². The minimum Gasteiger partial charge on any atom is -0.304 e. The second kappa shape index (κ2) is 6.36. The quantitative estimate of drug-likeness (QED) is 0.773. The number of hydrogen-bond donors (Lipinski definition) is 1. The Hall–Kier alpha value is -1.15. The van der Waals surface area contributed by atoms with Crippen LogP contribution in [0.5, 0.6) is 0 Å². The van der Waals surface area contributed by atoms with Crippen LogP contribution in [-0.4, -0.2) is 12.3 Å². The molecule has 15 heavy (non-hydrogen) atoms. The van der Waals surface area contributed by atoms with Crippen molar-refractivity contribution < 1.29 is 4.79 Å². The molecule has 1 N–H and O–H groups in total. The van der Waals surface area contributed by atoms with Gasteiger partial charge in [-0.2, -0.15) is 0 Å². The van der Waals surface area contributed by atoms with Gasteiger partial charge in [0.15, 0.2) is 5.78 Å². The maximum Gasteiger partial charge on any atom is 0.153 e. The first kappa shape index (κ1) is 11.9. The van der Waals surface area contributed by atoms with Crippen molar-refractivity contribution in [1.82, 2.24) is 5.32 Å². The predicted molar refractivity (Wildman–Crippen MR) is 62.8 cm³/mol. The first-order chi connectivity index (χ1) is 7.29. The second-order valence-electron chi connectivity index (χ2n) is 3.62. The molecule has 0 radical (unpaired) electrons. The van der Waals surface area contributed by atoms with E-state index in [1.54, 1.807) is 0 Å². The topological polar surface area (TPSA) is 29.1 Å². The van der Waals surface area contributed by atoms with Crippen molar-refractivity contribution in [2.75, 3.05) is 6.54 Å². The molecule has 2 nitrogen and oxygen atoms in total. The van der Waals surface area contributed by atoms with Crippen LogP contribution in [0.15, 0.2) is 30.3 Å². The van der Waals surface area contributed by atoms with Gasteiger partial charge >= 0.3 is 0 Å². The molecule has 1 aromatic rings. The average molecular weight is 205 g/mol. The molecule has 0 saturated heterocycles. The predicted octanol–water partition coefficient (Wildman–Crippen LogP) is 2.71. The van der Waals surface area contributed by atoms with E-state index in [1.807, 2.05) is 37.3 Å². The molecule has 0 heterocycles. The Morgan fingerprint density at radius 1 is 1.27 bits per heavy atom. The van der Waals surface area contributed by atoms with E-state index in [1.165, 1.54) is 0 Å². The number of nitrogens with one attached hydrogen (secondary N) is 1. The average Bonchev–Trinajstić information content (AvgIpc) is 2.30. The fourth-order valence-electron chi connectivity index (χ4n) is 1.56. The SMILES string of the molecule is CCCNC(C(=O)CC)c1ccccc1. The van der Waals surface area contributed by atoms with Gasteiger partial charge < -0.3 is 5.32 Å². The first-order valence-electron chi connectivity index (χ1n) is 5.60. The Bertz CT molecular complexity index is 295. The summed E-state index contributed by atoms with van der Waals surface area (Å²) in [5.41, 5.74) is 1.07. The van der Waals surface area contributed by atoms with Gasteiger partial charge in [-0.3, -0.25) is 4.79 Å². The van der Waals surface area contributed by atoms with Crippen LogP contribution in [0.25, 0.3) is 0 Å². The van der Waals surface area contributed by atoms with Crippen molar-refractivity contribution >= 4 is 5.78 Å². The van der Waals surface area contributed by atoms with E-state index in [2.05, 4.69) is 12.2 Å². The first-order valence-corrected chi connectivity index (χ1v) is 5.60. The number of benzene rings is 1. The standard InChI is InChI=1S/C13H19NO/c1-3-10-14-13(12(15)4-2)11-8-6-5-7-9-11/h5-9,13-14H,3-4,10H2,1-2H3. The van der Waals surface area contributed by atoms with Gasteiger partial charge in [0.05, 0.1) is 6.04 Å². The van der Waals surface area contributed by atoms with Crippen molar-refractivity contribution in [2.24, 2.45) is 0 Å². The van der Waals surface area contributed by atoms with Crippen LogP contribution >= 0.6 is 0 Å². The summed E-state index contributed by atoms with van der Waals surface area (Å²) in [6.07, 6.45) is 1.62. The Morgan fingerprint density at radius 3 is 2.47 bits per heavy atom. The van der Waals surface area contributed by atoms with Crippen molar-refractivity contribution in [3.8, 4) is 0 Å². The molecular formula is C13H19NO. The van der Waals surface area contributed by atoms with E-state index < -0.39 is 0 Å². The lowest BCUT2D eigenvalue weighted by Gasteiger charge is -2.16. The molecule has 2 heteroatoms. The lowest BCUT2D eigenvalue weighted by molar-refractivity contribution is -0.120. The fourth-order valence-corrected chi connectivity index (χ4v) is 1.56. The highest BCUT2D eigenvalue weighted by Gasteiger charge is 2.16. The van der Waals surface area contributed by atoms with Crippen LogP contribution in [0.1, 0.15) is 38.3 Å². The van der Waals surface area contributed by atoms with Crippen molar-refractivity contribution in [1.29, 1.82) is 0 Å². The summed E-state index contributed by atoms with van der Waals surface area (Å²) in [5.74, 6) is 0.259. The smallest absolute Gasteiger partial charge is 0.153 e. The number of carbonyl (C=O) groups excluding carboxylic acids is 1. The lowest BCUT2D eigenvalue weighted by Crippen LogP contribution is -2.28. The van der Waals surface area contributed by atoms with E-state index >= 15 is 0 Å². The fraction of sp³-hybridized carbons (Fsp3) is 0.462. The number of rotatable bonds is 6. The zero-order chi connectivity index (χ0) is 11.1. The Kier molecular flexibility index (Phi) is 5.05. The second-order valence-corrected chi connectivity index (χ2v) is 3.62. The molecule has 0 aliphatic heterocycles. The van der Waals surface area contributed by atoms with Gasteiger partial charge in [-0.15, -0.1) is 0 Å². The van der Waals surface area contributed by atoms with Crippen molar-refractivity contribution in [2.45, 2.75) is 32.7 Å². The molecule has 1 rings (SSSR count).